The first-order chi connectivity index (χ1) is 6.40. The Kier molecular flexibility index (Phi) is 3.82. The number of nitrogens with zero attached hydrogens (tertiary/aromatic N) is 1. The Labute approximate surface area is 91.6 Å². The van der Waals surface area contributed by atoms with Crippen molar-refractivity contribution >= 4 is 17.5 Å². The van der Waals surface area contributed by atoms with Gasteiger partial charge in [0.2, 0.25) is 5.91 Å². The highest BCUT2D eigenvalue weighted by atomic mass is 35.5. The Morgan fingerprint density at radius 1 is 1.36 bits per heavy atom. The lowest BCUT2D eigenvalue weighted by atomic mass is 9.90. The van der Waals surface area contributed by atoms with Gasteiger partial charge in [-0.3, -0.25) is 4.79 Å². The molecule has 1 unspecified atom stereocenters. The molecule has 0 bridgehead atoms. The number of carbonyl (C=O) groups excluding carboxylic acids is 1. The molecule has 3 heteroatoms. The maximum absolute atomic E-state index is 11.8. The van der Waals surface area contributed by atoms with E-state index in [-0.39, 0.29) is 16.7 Å². The average Bonchev–Trinajstić information content (AvgIpc) is 2.51. The third kappa shape index (κ3) is 3.49. The number of hydrogen-bond donors (Lipinski definition) is 0. The standard InChI is InChI=1S/C11H20ClNO/c1-11(2,3)8-9(12)10(14)13-6-4-5-7-13/h9H,4-8H2,1-3H3. The fourth-order valence-electron chi connectivity index (χ4n) is 1.76. The largest absolute Gasteiger partial charge is 0.341 e. The molecule has 82 valence electrons. The summed E-state index contributed by atoms with van der Waals surface area (Å²) >= 11 is 6.10. The van der Waals surface area contributed by atoms with Crippen molar-refractivity contribution in [2.75, 3.05) is 13.1 Å². The molecule has 1 aliphatic heterocycles. The summed E-state index contributed by atoms with van der Waals surface area (Å²) in [7, 11) is 0. The number of rotatable bonds is 2. The summed E-state index contributed by atoms with van der Waals surface area (Å²) in [4.78, 5) is 13.7. The van der Waals surface area contributed by atoms with Crippen LogP contribution in [0.4, 0.5) is 0 Å². The summed E-state index contributed by atoms with van der Waals surface area (Å²) in [5.74, 6) is 0.124. The highest BCUT2D eigenvalue weighted by Gasteiger charge is 2.28. The van der Waals surface area contributed by atoms with E-state index < -0.39 is 0 Å². The smallest absolute Gasteiger partial charge is 0.240 e. The van der Waals surface area contributed by atoms with Gasteiger partial charge in [-0.2, -0.15) is 0 Å². The second kappa shape index (κ2) is 4.52. The van der Waals surface area contributed by atoms with Crippen molar-refractivity contribution in [1.82, 2.24) is 4.90 Å². The van der Waals surface area contributed by atoms with Crippen LogP contribution in [0.5, 0.6) is 0 Å². The third-order valence-electron chi connectivity index (χ3n) is 2.48. The Bertz CT molecular complexity index is 204. The molecule has 0 N–H and O–H groups in total. The van der Waals surface area contributed by atoms with Crippen LogP contribution in [0.3, 0.4) is 0 Å². The molecule has 2 nitrogen and oxygen atoms in total. The van der Waals surface area contributed by atoms with Gasteiger partial charge in [0.25, 0.3) is 0 Å². The van der Waals surface area contributed by atoms with E-state index in [0.717, 1.165) is 32.4 Å². The first-order valence-electron chi connectivity index (χ1n) is 5.33. The number of carbonyl (C=O) groups is 1. The van der Waals surface area contributed by atoms with Crippen LogP contribution in [0.2, 0.25) is 0 Å². The fraction of sp³-hybridized carbons (Fsp3) is 0.909. The van der Waals surface area contributed by atoms with E-state index in [2.05, 4.69) is 20.8 Å². The molecule has 1 aliphatic rings. The van der Waals surface area contributed by atoms with Crippen LogP contribution in [0.1, 0.15) is 40.0 Å². The van der Waals surface area contributed by atoms with Crippen LogP contribution in [-0.2, 0) is 4.79 Å². The van der Waals surface area contributed by atoms with Crippen molar-refractivity contribution < 1.29 is 4.79 Å². The molecule has 0 saturated carbocycles. The zero-order valence-electron chi connectivity index (χ0n) is 9.35. The van der Waals surface area contributed by atoms with Crippen LogP contribution >= 0.6 is 11.6 Å². The van der Waals surface area contributed by atoms with Crippen molar-refractivity contribution in [3.63, 3.8) is 0 Å². The summed E-state index contributed by atoms with van der Waals surface area (Å²) < 4.78 is 0. The third-order valence-corrected chi connectivity index (χ3v) is 2.82. The lowest BCUT2D eigenvalue weighted by molar-refractivity contribution is -0.130. The van der Waals surface area contributed by atoms with Crippen molar-refractivity contribution in [2.24, 2.45) is 5.41 Å². The lowest BCUT2D eigenvalue weighted by Gasteiger charge is -2.24. The molecule has 0 aromatic rings. The number of hydrogen-bond acceptors (Lipinski definition) is 1. The fourth-order valence-corrected chi connectivity index (χ4v) is 2.36. The summed E-state index contributed by atoms with van der Waals surface area (Å²) in [6.07, 6.45) is 3.01. The molecular formula is C11H20ClNO. The van der Waals surface area contributed by atoms with Crippen LogP contribution in [0, 0.1) is 5.41 Å². The molecule has 1 rings (SSSR count). The van der Waals surface area contributed by atoms with Crippen LogP contribution in [0.25, 0.3) is 0 Å². The predicted octanol–water partition coefficient (Wildman–Crippen LogP) is 2.65. The molecule has 1 amide bonds. The molecule has 14 heavy (non-hydrogen) atoms. The minimum Gasteiger partial charge on any atom is -0.341 e. The molecule has 1 heterocycles. The first-order valence-corrected chi connectivity index (χ1v) is 5.77. The van der Waals surface area contributed by atoms with Gasteiger partial charge in [0.05, 0.1) is 0 Å². The van der Waals surface area contributed by atoms with Gasteiger partial charge in [0.15, 0.2) is 0 Å². The quantitative estimate of drug-likeness (QED) is 0.652. The molecule has 1 fully saturated rings. The minimum atomic E-state index is -0.340. The molecule has 0 radical (unpaired) electrons. The molecule has 0 aromatic heterocycles. The number of amides is 1. The Hall–Kier alpha value is -0.240. The van der Waals surface area contributed by atoms with Crippen molar-refractivity contribution in [1.29, 1.82) is 0 Å². The first kappa shape index (κ1) is 11.8. The van der Waals surface area contributed by atoms with E-state index in [1.54, 1.807) is 0 Å². The van der Waals surface area contributed by atoms with Gasteiger partial charge in [-0.25, -0.2) is 0 Å². The zero-order valence-corrected chi connectivity index (χ0v) is 10.1. The Balaban J connectivity index is 2.43. The molecule has 0 spiro atoms. The van der Waals surface area contributed by atoms with Crippen molar-refractivity contribution in [3.05, 3.63) is 0 Å². The van der Waals surface area contributed by atoms with E-state index >= 15 is 0 Å². The highest BCUT2D eigenvalue weighted by molar-refractivity contribution is 6.30. The summed E-state index contributed by atoms with van der Waals surface area (Å²) in [5.41, 5.74) is 0.127. The van der Waals surface area contributed by atoms with Gasteiger partial charge in [-0.15, -0.1) is 11.6 Å². The molecule has 0 aliphatic carbocycles. The maximum Gasteiger partial charge on any atom is 0.240 e. The van der Waals surface area contributed by atoms with Gasteiger partial charge in [0, 0.05) is 13.1 Å². The number of likely N-dealkylation sites (tertiary alicyclic amines) is 1. The monoisotopic (exact) mass is 217 g/mol. The minimum absolute atomic E-state index is 0.124. The highest BCUT2D eigenvalue weighted by Crippen LogP contribution is 2.25. The second-order valence-electron chi connectivity index (χ2n) is 5.26. The Morgan fingerprint density at radius 3 is 2.29 bits per heavy atom. The van der Waals surface area contributed by atoms with Crippen molar-refractivity contribution in [3.8, 4) is 0 Å². The molecular weight excluding hydrogens is 198 g/mol. The van der Waals surface area contributed by atoms with Crippen LogP contribution < -0.4 is 0 Å². The van der Waals surface area contributed by atoms with E-state index in [0.29, 0.717) is 0 Å². The summed E-state index contributed by atoms with van der Waals surface area (Å²) in [6, 6.07) is 0. The molecule has 1 atom stereocenters. The van der Waals surface area contributed by atoms with Gasteiger partial charge >= 0.3 is 0 Å². The number of halogens is 1. The lowest BCUT2D eigenvalue weighted by Crippen LogP contribution is -2.36. The molecule has 1 saturated heterocycles. The molecule has 0 aromatic carbocycles. The predicted molar refractivity (Wildman–Crippen MR) is 59.5 cm³/mol. The summed E-state index contributed by atoms with van der Waals surface area (Å²) in [6.45, 7) is 8.12. The normalized spacial score (nSPS) is 19.9. The van der Waals surface area contributed by atoms with E-state index in [1.165, 1.54) is 0 Å². The second-order valence-corrected chi connectivity index (χ2v) is 5.79. The SMILES string of the molecule is CC(C)(C)CC(Cl)C(=O)N1CCCC1. The van der Waals surface area contributed by atoms with Crippen molar-refractivity contribution in [2.45, 2.75) is 45.4 Å². The van der Waals surface area contributed by atoms with Gasteiger partial charge in [-0.05, 0) is 24.7 Å². The zero-order chi connectivity index (χ0) is 10.8. The Morgan fingerprint density at radius 2 is 1.86 bits per heavy atom. The van der Waals surface area contributed by atoms with E-state index in [1.807, 2.05) is 4.90 Å². The van der Waals surface area contributed by atoms with E-state index in [9.17, 15) is 4.79 Å². The van der Waals surface area contributed by atoms with Gasteiger partial charge in [-0.1, -0.05) is 20.8 Å². The topological polar surface area (TPSA) is 20.3 Å². The van der Waals surface area contributed by atoms with Crippen LogP contribution in [0.15, 0.2) is 0 Å². The van der Waals surface area contributed by atoms with E-state index in [4.69, 9.17) is 11.6 Å². The summed E-state index contributed by atoms with van der Waals surface area (Å²) in [5, 5.41) is -0.340. The average molecular weight is 218 g/mol. The van der Waals surface area contributed by atoms with Gasteiger partial charge in [0.1, 0.15) is 5.38 Å². The van der Waals surface area contributed by atoms with Crippen LogP contribution in [-0.4, -0.2) is 29.3 Å². The number of alkyl halides is 1. The van der Waals surface area contributed by atoms with Gasteiger partial charge < -0.3 is 4.90 Å². The maximum atomic E-state index is 11.8.